The van der Waals surface area contributed by atoms with Gasteiger partial charge in [0.25, 0.3) is 5.91 Å². The first-order chi connectivity index (χ1) is 14.1. The summed E-state index contributed by atoms with van der Waals surface area (Å²) in [5, 5.41) is 2.66. The number of amides is 3. The molecule has 8 nitrogen and oxygen atoms in total. The Balaban J connectivity index is 2.06. The van der Waals surface area contributed by atoms with Crippen molar-refractivity contribution in [1.82, 2.24) is 21.1 Å². The Morgan fingerprint density at radius 3 is 2.66 bits per heavy atom. The quantitative estimate of drug-likeness (QED) is 0.408. The number of unbranched alkanes of at least 4 members (excludes halogenated alkanes) is 1. The van der Waals surface area contributed by atoms with Crippen molar-refractivity contribution in [1.29, 1.82) is 0 Å². The first-order valence-corrected chi connectivity index (χ1v) is 10.4. The number of rotatable bonds is 10. The average molecular weight is 405 g/mol. The highest BCUT2D eigenvalue weighted by Gasteiger charge is 2.37. The number of nitrogens with one attached hydrogen (secondary N) is 3. The number of hydrogen-bond acceptors (Lipinski definition) is 5. The molecule has 3 amide bonds. The van der Waals surface area contributed by atoms with Gasteiger partial charge < -0.3 is 15.0 Å². The van der Waals surface area contributed by atoms with Crippen molar-refractivity contribution in [2.24, 2.45) is 0 Å². The molecule has 1 aliphatic heterocycles. The molecule has 1 fully saturated rings. The molecule has 1 saturated heterocycles. The summed E-state index contributed by atoms with van der Waals surface area (Å²) in [5.74, 6) is -0.491. The van der Waals surface area contributed by atoms with Crippen LogP contribution < -0.4 is 16.2 Å². The molecule has 2 atom stereocenters. The molecule has 1 aromatic rings. The highest BCUT2D eigenvalue weighted by atomic mass is 16.5. The number of nitrogens with zero attached hydrogens (tertiary/aromatic N) is 1. The number of benzene rings is 1. The van der Waals surface area contributed by atoms with Crippen LogP contribution in [-0.4, -0.2) is 54.6 Å². The average Bonchev–Trinajstić information content (AvgIpc) is 3.21. The standard InChI is InChI=1S/C21H32N4O4/c1-3-5-13-22-24-19(26)18-12-9-14-25(18)20(27)17(23-21(28)29-4-2)15-16-10-7-6-8-11-16/h6-8,10-11,17-18,22H,3-5,9,12-15H2,1-2H3,(H,23,28)(H,24,26)/t17-,18+/m1/s1. The largest absolute Gasteiger partial charge is 0.450 e. The van der Waals surface area contributed by atoms with Crippen molar-refractivity contribution < 1.29 is 19.1 Å². The molecule has 8 heteroatoms. The minimum Gasteiger partial charge on any atom is -0.450 e. The SMILES string of the molecule is CCCCNNC(=O)[C@@H]1CCCN1C(=O)[C@@H](Cc1ccccc1)NC(=O)OCC. The fourth-order valence-electron chi connectivity index (χ4n) is 3.37. The maximum absolute atomic E-state index is 13.2. The van der Waals surface area contributed by atoms with Crippen molar-refractivity contribution in [3.05, 3.63) is 35.9 Å². The van der Waals surface area contributed by atoms with Gasteiger partial charge in [-0.2, -0.15) is 0 Å². The van der Waals surface area contributed by atoms with Gasteiger partial charge in [-0.15, -0.1) is 0 Å². The molecule has 3 N–H and O–H groups in total. The van der Waals surface area contributed by atoms with E-state index >= 15 is 0 Å². The van der Waals surface area contributed by atoms with Gasteiger partial charge in [0, 0.05) is 19.5 Å². The molecule has 2 rings (SSSR count). The van der Waals surface area contributed by atoms with E-state index < -0.39 is 18.2 Å². The maximum Gasteiger partial charge on any atom is 0.407 e. The number of carbonyl (C=O) groups is 3. The highest BCUT2D eigenvalue weighted by molar-refractivity contribution is 5.91. The number of alkyl carbamates (subject to hydrolysis) is 1. The molecular weight excluding hydrogens is 372 g/mol. The van der Waals surface area contributed by atoms with Gasteiger partial charge in [-0.3, -0.25) is 15.0 Å². The molecule has 1 heterocycles. The molecule has 1 aromatic carbocycles. The van der Waals surface area contributed by atoms with Crippen molar-refractivity contribution in [3.8, 4) is 0 Å². The predicted molar refractivity (Wildman–Crippen MR) is 110 cm³/mol. The van der Waals surface area contributed by atoms with Gasteiger partial charge in [-0.05, 0) is 31.7 Å². The molecule has 1 aliphatic rings. The van der Waals surface area contributed by atoms with Crippen LogP contribution in [0.3, 0.4) is 0 Å². The fraction of sp³-hybridized carbons (Fsp3) is 0.571. The van der Waals surface area contributed by atoms with E-state index in [1.807, 2.05) is 30.3 Å². The molecule has 0 aliphatic carbocycles. The predicted octanol–water partition coefficient (Wildman–Crippen LogP) is 1.76. The van der Waals surface area contributed by atoms with Gasteiger partial charge in [-0.1, -0.05) is 43.7 Å². The Labute approximate surface area is 172 Å². The van der Waals surface area contributed by atoms with Crippen LogP contribution in [0.2, 0.25) is 0 Å². The molecule has 0 radical (unpaired) electrons. The van der Waals surface area contributed by atoms with E-state index in [1.165, 1.54) is 0 Å². The fourth-order valence-corrected chi connectivity index (χ4v) is 3.37. The second kappa shape index (κ2) is 12.1. The summed E-state index contributed by atoms with van der Waals surface area (Å²) in [6.07, 6.45) is 3.02. The lowest BCUT2D eigenvalue weighted by Gasteiger charge is -2.28. The second-order valence-electron chi connectivity index (χ2n) is 7.07. The lowest BCUT2D eigenvalue weighted by molar-refractivity contribution is -0.140. The summed E-state index contributed by atoms with van der Waals surface area (Å²) in [4.78, 5) is 39.3. The third-order valence-electron chi connectivity index (χ3n) is 4.85. The van der Waals surface area contributed by atoms with Crippen LogP contribution in [-0.2, 0) is 20.7 Å². The van der Waals surface area contributed by atoms with Gasteiger partial charge in [0.15, 0.2) is 0 Å². The van der Waals surface area contributed by atoms with Gasteiger partial charge in [-0.25, -0.2) is 10.2 Å². The van der Waals surface area contributed by atoms with E-state index in [0.29, 0.717) is 25.9 Å². The summed E-state index contributed by atoms with van der Waals surface area (Å²) >= 11 is 0. The molecule has 0 spiro atoms. The van der Waals surface area contributed by atoms with Crippen LogP contribution in [0.4, 0.5) is 4.79 Å². The second-order valence-corrected chi connectivity index (χ2v) is 7.07. The Hall–Kier alpha value is -2.61. The van der Waals surface area contributed by atoms with Gasteiger partial charge in [0.1, 0.15) is 12.1 Å². The first-order valence-electron chi connectivity index (χ1n) is 10.4. The number of ether oxygens (including phenoxy) is 1. The zero-order valence-electron chi connectivity index (χ0n) is 17.3. The van der Waals surface area contributed by atoms with Crippen LogP contribution in [0.5, 0.6) is 0 Å². The topological polar surface area (TPSA) is 99.8 Å². The van der Waals surface area contributed by atoms with Crippen LogP contribution in [0.1, 0.15) is 45.1 Å². The van der Waals surface area contributed by atoms with Crippen LogP contribution in [0, 0.1) is 0 Å². The van der Waals surface area contributed by atoms with Gasteiger partial charge in [0.2, 0.25) is 5.91 Å². The van der Waals surface area contributed by atoms with E-state index in [-0.39, 0.29) is 18.4 Å². The Bertz CT molecular complexity index is 668. The Kier molecular flexibility index (Phi) is 9.43. The summed E-state index contributed by atoms with van der Waals surface area (Å²) < 4.78 is 4.96. The van der Waals surface area contributed by atoms with Crippen molar-refractivity contribution in [3.63, 3.8) is 0 Å². The Morgan fingerprint density at radius 2 is 1.97 bits per heavy atom. The van der Waals surface area contributed by atoms with Crippen molar-refractivity contribution >= 4 is 17.9 Å². The Morgan fingerprint density at radius 1 is 1.21 bits per heavy atom. The summed E-state index contributed by atoms with van der Waals surface area (Å²) in [5.41, 5.74) is 6.53. The monoisotopic (exact) mass is 404 g/mol. The maximum atomic E-state index is 13.2. The minimum absolute atomic E-state index is 0.219. The third-order valence-corrected chi connectivity index (χ3v) is 4.85. The van der Waals surface area contributed by atoms with E-state index in [1.54, 1.807) is 11.8 Å². The summed E-state index contributed by atoms with van der Waals surface area (Å²) in [6, 6.07) is 8.13. The van der Waals surface area contributed by atoms with Crippen LogP contribution >= 0.6 is 0 Å². The van der Waals surface area contributed by atoms with Gasteiger partial charge >= 0.3 is 6.09 Å². The van der Waals surface area contributed by atoms with Gasteiger partial charge in [0.05, 0.1) is 6.61 Å². The molecular formula is C21H32N4O4. The summed E-state index contributed by atoms with van der Waals surface area (Å²) in [6.45, 7) is 5.17. The van der Waals surface area contributed by atoms with Crippen LogP contribution in [0.25, 0.3) is 0 Å². The molecule has 160 valence electrons. The van der Waals surface area contributed by atoms with E-state index in [0.717, 1.165) is 24.8 Å². The van der Waals surface area contributed by atoms with E-state index in [9.17, 15) is 14.4 Å². The molecule has 0 unspecified atom stereocenters. The minimum atomic E-state index is -0.794. The van der Waals surface area contributed by atoms with Crippen molar-refractivity contribution in [2.75, 3.05) is 19.7 Å². The molecule has 0 aromatic heterocycles. The summed E-state index contributed by atoms with van der Waals surface area (Å²) in [7, 11) is 0. The first kappa shape index (κ1) is 22.7. The smallest absolute Gasteiger partial charge is 0.407 e. The third kappa shape index (κ3) is 7.05. The molecule has 29 heavy (non-hydrogen) atoms. The highest BCUT2D eigenvalue weighted by Crippen LogP contribution is 2.19. The lowest BCUT2D eigenvalue weighted by atomic mass is 10.0. The van der Waals surface area contributed by atoms with Crippen molar-refractivity contribution in [2.45, 2.75) is 58.0 Å². The normalized spacial score (nSPS) is 16.9. The number of hydrazine groups is 1. The molecule has 0 bridgehead atoms. The number of carbonyl (C=O) groups excluding carboxylic acids is 3. The van der Waals surface area contributed by atoms with Crippen LogP contribution in [0.15, 0.2) is 30.3 Å². The molecule has 0 saturated carbocycles. The van der Waals surface area contributed by atoms with E-state index in [4.69, 9.17) is 4.74 Å². The van der Waals surface area contributed by atoms with E-state index in [2.05, 4.69) is 23.1 Å². The zero-order chi connectivity index (χ0) is 21.1. The lowest BCUT2D eigenvalue weighted by Crippen LogP contribution is -2.55. The number of hydrogen-bond donors (Lipinski definition) is 3. The number of likely N-dealkylation sites (tertiary alicyclic amines) is 1. The zero-order valence-corrected chi connectivity index (χ0v) is 17.3.